The van der Waals surface area contributed by atoms with Gasteiger partial charge < -0.3 is 10.4 Å². The standard InChI is InChI=1S/C14H23N3O2/c1-4-12-7-13(17-9-16-12)15-8-11(5-10(2)3)6-14(18)19/h7,9-11H,4-6,8H2,1-3H3,(H,18,19)(H,15,16,17). The molecule has 19 heavy (non-hydrogen) atoms. The molecule has 0 amide bonds. The van der Waals surface area contributed by atoms with E-state index in [4.69, 9.17) is 5.11 Å². The Morgan fingerprint density at radius 1 is 1.42 bits per heavy atom. The quantitative estimate of drug-likeness (QED) is 0.755. The van der Waals surface area contributed by atoms with Crippen molar-refractivity contribution in [2.45, 2.75) is 40.0 Å². The van der Waals surface area contributed by atoms with Gasteiger partial charge in [-0.15, -0.1) is 0 Å². The molecule has 1 rings (SSSR count). The molecule has 0 spiro atoms. The van der Waals surface area contributed by atoms with Crippen LogP contribution in [0.4, 0.5) is 5.82 Å². The van der Waals surface area contributed by atoms with E-state index in [2.05, 4.69) is 29.1 Å². The minimum Gasteiger partial charge on any atom is -0.481 e. The van der Waals surface area contributed by atoms with E-state index in [0.29, 0.717) is 12.5 Å². The lowest BCUT2D eigenvalue weighted by Gasteiger charge is -2.18. The van der Waals surface area contributed by atoms with Crippen LogP contribution in [0.15, 0.2) is 12.4 Å². The number of carboxylic acid groups (broad SMARTS) is 1. The van der Waals surface area contributed by atoms with Gasteiger partial charge in [0.15, 0.2) is 0 Å². The van der Waals surface area contributed by atoms with Gasteiger partial charge in [-0.1, -0.05) is 20.8 Å². The number of aromatic nitrogens is 2. The van der Waals surface area contributed by atoms with Gasteiger partial charge in [-0.05, 0) is 24.7 Å². The Labute approximate surface area is 114 Å². The molecule has 0 bridgehead atoms. The van der Waals surface area contributed by atoms with Crippen molar-refractivity contribution in [3.05, 3.63) is 18.1 Å². The average molecular weight is 265 g/mol. The summed E-state index contributed by atoms with van der Waals surface area (Å²) in [5.41, 5.74) is 0.983. The van der Waals surface area contributed by atoms with Crippen LogP contribution in [-0.4, -0.2) is 27.6 Å². The second-order valence-electron chi connectivity index (χ2n) is 5.22. The van der Waals surface area contributed by atoms with E-state index in [1.165, 1.54) is 6.33 Å². The average Bonchev–Trinajstić information content (AvgIpc) is 2.35. The minimum absolute atomic E-state index is 0.123. The summed E-state index contributed by atoms with van der Waals surface area (Å²) in [4.78, 5) is 19.1. The third kappa shape index (κ3) is 6.18. The van der Waals surface area contributed by atoms with Crippen LogP contribution in [0, 0.1) is 11.8 Å². The Morgan fingerprint density at radius 3 is 2.74 bits per heavy atom. The highest BCUT2D eigenvalue weighted by Gasteiger charge is 2.15. The fraction of sp³-hybridized carbons (Fsp3) is 0.643. The molecule has 106 valence electrons. The van der Waals surface area contributed by atoms with Gasteiger partial charge in [-0.25, -0.2) is 9.97 Å². The number of aryl methyl sites for hydroxylation is 1. The maximum absolute atomic E-state index is 10.8. The number of aliphatic carboxylic acids is 1. The zero-order valence-electron chi connectivity index (χ0n) is 11.9. The minimum atomic E-state index is -0.746. The molecule has 5 nitrogen and oxygen atoms in total. The van der Waals surface area contributed by atoms with Crippen LogP contribution in [0.1, 0.15) is 39.3 Å². The zero-order valence-corrected chi connectivity index (χ0v) is 11.9. The summed E-state index contributed by atoms with van der Waals surface area (Å²) in [7, 11) is 0. The molecule has 0 saturated carbocycles. The molecule has 0 aromatic carbocycles. The van der Waals surface area contributed by atoms with E-state index in [1.807, 2.05) is 13.0 Å². The van der Waals surface area contributed by atoms with Gasteiger partial charge in [0.2, 0.25) is 0 Å². The lowest BCUT2D eigenvalue weighted by Crippen LogP contribution is -2.20. The van der Waals surface area contributed by atoms with Crippen molar-refractivity contribution >= 4 is 11.8 Å². The largest absolute Gasteiger partial charge is 0.481 e. The van der Waals surface area contributed by atoms with Crippen LogP contribution >= 0.6 is 0 Å². The molecule has 0 radical (unpaired) electrons. The normalized spacial score (nSPS) is 12.4. The van der Waals surface area contributed by atoms with E-state index in [-0.39, 0.29) is 12.3 Å². The lowest BCUT2D eigenvalue weighted by atomic mass is 9.94. The van der Waals surface area contributed by atoms with Crippen LogP contribution in [0.25, 0.3) is 0 Å². The molecule has 1 atom stereocenters. The smallest absolute Gasteiger partial charge is 0.303 e. The fourth-order valence-corrected chi connectivity index (χ4v) is 2.09. The molecule has 5 heteroatoms. The highest BCUT2D eigenvalue weighted by atomic mass is 16.4. The van der Waals surface area contributed by atoms with E-state index in [9.17, 15) is 4.79 Å². The fourth-order valence-electron chi connectivity index (χ4n) is 2.09. The topological polar surface area (TPSA) is 75.1 Å². The number of anilines is 1. The lowest BCUT2D eigenvalue weighted by molar-refractivity contribution is -0.138. The summed E-state index contributed by atoms with van der Waals surface area (Å²) < 4.78 is 0. The molecule has 1 heterocycles. The molecule has 1 aromatic heterocycles. The van der Waals surface area contributed by atoms with Crippen molar-refractivity contribution in [3.63, 3.8) is 0 Å². The van der Waals surface area contributed by atoms with Crippen LogP contribution in [0.3, 0.4) is 0 Å². The Hall–Kier alpha value is -1.65. The van der Waals surface area contributed by atoms with Gasteiger partial charge in [0.1, 0.15) is 12.1 Å². The van der Waals surface area contributed by atoms with E-state index in [1.54, 1.807) is 0 Å². The summed E-state index contributed by atoms with van der Waals surface area (Å²) >= 11 is 0. The number of carbonyl (C=O) groups is 1. The van der Waals surface area contributed by atoms with Gasteiger partial charge in [0.25, 0.3) is 0 Å². The molecule has 0 aliphatic heterocycles. The van der Waals surface area contributed by atoms with E-state index in [0.717, 1.165) is 24.4 Å². The molecule has 2 N–H and O–H groups in total. The number of hydrogen-bond donors (Lipinski definition) is 2. The highest BCUT2D eigenvalue weighted by Crippen LogP contribution is 2.16. The summed E-state index contributed by atoms with van der Waals surface area (Å²) in [6.07, 6.45) is 3.49. The number of nitrogens with zero attached hydrogens (tertiary/aromatic N) is 2. The highest BCUT2D eigenvalue weighted by molar-refractivity contribution is 5.67. The third-order valence-corrected chi connectivity index (χ3v) is 2.93. The van der Waals surface area contributed by atoms with Crippen LogP contribution in [0.5, 0.6) is 0 Å². The predicted octanol–water partition coefficient (Wildman–Crippen LogP) is 2.59. The van der Waals surface area contributed by atoms with Gasteiger partial charge in [0.05, 0.1) is 0 Å². The third-order valence-electron chi connectivity index (χ3n) is 2.93. The number of carboxylic acids is 1. The van der Waals surface area contributed by atoms with Crippen LogP contribution in [-0.2, 0) is 11.2 Å². The zero-order chi connectivity index (χ0) is 14.3. The molecule has 0 fully saturated rings. The molecule has 1 unspecified atom stereocenters. The molecule has 0 aliphatic carbocycles. The maximum atomic E-state index is 10.8. The molecule has 0 aliphatic rings. The van der Waals surface area contributed by atoms with Crippen molar-refractivity contribution in [2.75, 3.05) is 11.9 Å². The van der Waals surface area contributed by atoms with Gasteiger partial charge in [-0.3, -0.25) is 4.79 Å². The van der Waals surface area contributed by atoms with Crippen molar-refractivity contribution in [1.82, 2.24) is 9.97 Å². The number of hydrogen-bond acceptors (Lipinski definition) is 4. The first-order valence-corrected chi connectivity index (χ1v) is 6.77. The SMILES string of the molecule is CCc1cc(NCC(CC(=O)O)CC(C)C)ncn1. The second-order valence-corrected chi connectivity index (χ2v) is 5.22. The monoisotopic (exact) mass is 265 g/mol. The Balaban J connectivity index is 2.56. The maximum Gasteiger partial charge on any atom is 0.303 e. The molecular weight excluding hydrogens is 242 g/mol. The van der Waals surface area contributed by atoms with E-state index < -0.39 is 5.97 Å². The van der Waals surface area contributed by atoms with Crippen molar-refractivity contribution < 1.29 is 9.90 Å². The molecular formula is C14H23N3O2. The Bertz CT molecular complexity index is 407. The van der Waals surface area contributed by atoms with E-state index >= 15 is 0 Å². The molecule has 1 aromatic rings. The summed E-state index contributed by atoms with van der Waals surface area (Å²) in [6, 6.07) is 1.91. The Morgan fingerprint density at radius 2 is 2.16 bits per heavy atom. The van der Waals surface area contributed by atoms with Crippen molar-refractivity contribution in [3.8, 4) is 0 Å². The second kappa shape index (κ2) is 7.71. The van der Waals surface area contributed by atoms with Gasteiger partial charge in [-0.2, -0.15) is 0 Å². The first-order valence-electron chi connectivity index (χ1n) is 6.77. The first-order chi connectivity index (χ1) is 9.01. The van der Waals surface area contributed by atoms with Gasteiger partial charge >= 0.3 is 5.97 Å². The Kier molecular flexibility index (Phi) is 6.25. The van der Waals surface area contributed by atoms with Crippen molar-refractivity contribution in [1.29, 1.82) is 0 Å². The number of nitrogens with one attached hydrogen (secondary N) is 1. The van der Waals surface area contributed by atoms with Crippen LogP contribution < -0.4 is 5.32 Å². The van der Waals surface area contributed by atoms with Crippen LogP contribution in [0.2, 0.25) is 0 Å². The summed E-state index contributed by atoms with van der Waals surface area (Å²) in [5, 5.41) is 12.1. The first kappa shape index (κ1) is 15.4. The summed E-state index contributed by atoms with van der Waals surface area (Å²) in [6.45, 7) is 6.88. The predicted molar refractivity (Wildman–Crippen MR) is 75.1 cm³/mol. The molecule has 0 saturated heterocycles. The van der Waals surface area contributed by atoms with Crippen molar-refractivity contribution in [2.24, 2.45) is 11.8 Å². The van der Waals surface area contributed by atoms with Gasteiger partial charge in [0, 0.05) is 24.7 Å². The number of rotatable bonds is 8. The summed E-state index contributed by atoms with van der Waals surface area (Å²) in [5.74, 6) is 0.635.